The molecule has 4 rings (SSSR count). The molecule has 3 aromatic heterocycles. The second-order valence-corrected chi connectivity index (χ2v) is 6.76. The van der Waals surface area contributed by atoms with E-state index in [9.17, 15) is 4.79 Å². The zero-order valence-corrected chi connectivity index (χ0v) is 15.4. The van der Waals surface area contributed by atoms with Gasteiger partial charge in [-0.15, -0.1) is 0 Å². The molecule has 0 amide bonds. The van der Waals surface area contributed by atoms with E-state index in [-0.39, 0.29) is 5.78 Å². The van der Waals surface area contributed by atoms with Gasteiger partial charge in [0.25, 0.3) is 0 Å². The van der Waals surface area contributed by atoms with E-state index < -0.39 is 0 Å². The third-order valence-corrected chi connectivity index (χ3v) is 4.72. The number of ketones is 1. The second kappa shape index (κ2) is 7.94. The van der Waals surface area contributed by atoms with Crippen LogP contribution in [-0.2, 0) is 16.0 Å². The van der Waals surface area contributed by atoms with E-state index in [2.05, 4.69) is 19.9 Å². The van der Waals surface area contributed by atoms with Crippen molar-refractivity contribution in [3.8, 4) is 11.5 Å². The van der Waals surface area contributed by atoms with Gasteiger partial charge in [0.15, 0.2) is 11.7 Å². The van der Waals surface area contributed by atoms with E-state index in [0.717, 1.165) is 55.0 Å². The van der Waals surface area contributed by atoms with Gasteiger partial charge in [-0.25, -0.2) is 4.98 Å². The number of aromatic nitrogens is 3. The molecule has 3 aromatic rings. The molecule has 7 heteroatoms. The predicted octanol–water partition coefficient (Wildman–Crippen LogP) is 2.43. The molecular formula is C20H22N4O3. The van der Waals surface area contributed by atoms with E-state index >= 15 is 0 Å². The fourth-order valence-electron chi connectivity index (χ4n) is 3.19. The molecule has 7 nitrogen and oxygen atoms in total. The average molecular weight is 366 g/mol. The first kappa shape index (κ1) is 17.8. The molecular weight excluding hydrogens is 344 g/mol. The molecule has 0 N–H and O–H groups in total. The fourth-order valence-corrected chi connectivity index (χ4v) is 3.19. The van der Waals surface area contributed by atoms with E-state index in [4.69, 9.17) is 9.15 Å². The minimum absolute atomic E-state index is 0.202. The smallest absolute Gasteiger partial charge is 0.191 e. The molecule has 1 aliphatic rings. The maximum atomic E-state index is 12.3. The number of Topliss-reactive ketones (excluding diaryl/α,β-unsaturated/α-hetero) is 1. The van der Waals surface area contributed by atoms with E-state index in [1.165, 1.54) is 0 Å². The van der Waals surface area contributed by atoms with Gasteiger partial charge in [-0.1, -0.05) is 0 Å². The van der Waals surface area contributed by atoms with Crippen molar-refractivity contribution in [2.75, 3.05) is 32.8 Å². The summed E-state index contributed by atoms with van der Waals surface area (Å²) in [6, 6.07) is 3.90. The molecule has 0 radical (unpaired) electrons. The molecule has 0 saturated carbocycles. The fraction of sp³-hybridized carbons (Fsp3) is 0.400. The van der Waals surface area contributed by atoms with Gasteiger partial charge in [0, 0.05) is 62.9 Å². The molecule has 0 bridgehead atoms. The number of oxazole rings is 1. The lowest BCUT2D eigenvalue weighted by molar-refractivity contribution is -0.119. The molecule has 27 heavy (non-hydrogen) atoms. The Kier molecular flexibility index (Phi) is 5.22. The monoisotopic (exact) mass is 366 g/mol. The lowest BCUT2D eigenvalue weighted by Gasteiger charge is -2.26. The van der Waals surface area contributed by atoms with Crippen LogP contribution in [-0.4, -0.2) is 58.5 Å². The Hall–Kier alpha value is -2.64. The van der Waals surface area contributed by atoms with Gasteiger partial charge in [0.1, 0.15) is 11.5 Å². The minimum atomic E-state index is 0.202. The van der Waals surface area contributed by atoms with Crippen molar-refractivity contribution in [2.45, 2.75) is 19.8 Å². The number of aryl methyl sites for hydroxylation is 1. The largest absolute Gasteiger partial charge is 0.439 e. The van der Waals surface area contributed by atoms with Crippen molar-refractivity contribution in [1.82, 2.24) is 19.9 Å². The van der Waals surface area contributed by atoms with Crippen LogP contribution in [0.5, 0.6) is 0 Å². The normalized spacial score (nSPS) is 15.3. The van der Waals surface area contributed by atoms with Gasteiger partial charge in [-0.2, -0.15) is 0 Å². The lowest BCUT2D eigenvalue weighted by atomic mass is 10.1. The van der Waals surface area contributed by atoms with Gasteiger partial charge >= 0.3 is 0 Å². The molecule has 0 atom stereocenters. The molecule has 0 aliphatic carbocycles. The van der Waals surface area contributed by atoms with E-state index in [0.29, 0.717) is 24.5 Å². The third kappa shape index (κ3) is 4.37. The number of rotatable bonds is 6. The van der Waals surface area contributed by atoms with Crippen LogP contribution in [0.25, 0.3) is 22.2 Å². The first-order valence-electron chi connectivity index (χ1n) is 9.17. The standard InChI is InChI=1S/C20H22N4O3/c1-14-21-13-20(27-14)19-9-15-8-17(22-11-16(15)12-23-19)10-18(25)2-3-24-4-6-26-7-5-24/h8-9,11-13H,2-7,10H2,1H3. The van der Waals surface area contributed by atoms with E-state index in [1.807, 2.05) is 12.1 Å². The highest BCUT2D eigenvalue weighted by molar-refractivity contribution is 5.86. The SMILES string of the molecule is Cc1ncc(-c2cc3cc(CC(=O)CCN4CCOCC4)ncc3cn2)o1. The third-order valence-electron chi connectivity index (χ3n) is 4.72. The number of hydrogen-bond donors (Lipinski definition) is 0. The van der Waals surface area contributed by atoms with Crippen molar-refractivity contribution < 1.29 is 13.9 Å². The minimum Gasteiger partial charge on any atom is -0.439 e. The number of carbonyl (C=O) groups is 1. The lowest BCUT2D eigenvalue weighted by Crippen LogP contribution is -2.37. The van der Waals surface area contributed by atoms with Crippen molar-refractivity contribution in [3.05, 3.63) is 42.3 Å². The second-order valence-electron chi connectivity index (χ2n) is 6.76. The summed E-state index contributed by atoms with van der Waals surface area (Å²) in [6.45, 7) is 5.89. The first-order chi connectivity index (χ1) is 13.2. The first-order valence-corrected chi connectivity index (χ1v) is 9.17. The number of pyridine rings is 2. The highest BCUT2D eigenvalue weighted by Gasteiger charge is 2.13. The number of morpholine rings is 1. The summed E-state index contributed by atoms with van der Waals surface area (Å²) in [5, 5.41) is 1.92. The summed E-state index contributed by atoms with van der Waals surface area (Å²) in [5.41, 5.74) is 1.50. The average Bonchev–Trinajstić information content (AvgIpc) is 3.13. The van der Waals surface area contributed by atoms with Gasteiger partial charge in [-0.3, -0.25) is 19.7 Å². The molecule has 1 fully saturated rings. The number of hydrogen-bond acceptors (Lipinski definition) is 7. The quantitative estimate of drug-likeness (QED) is 0.663. The zero-order chi connectivity index (χ0) is 18.6. The Morgan fingerprint density at radius 3 is 2.67 bits per heavy atom. The van der Waals surface area contributed by atoms with Crippen LogP contribution in [0.3, 0.4) is 0 Å². The van der Waals surface area contributed by atoms with Crippen LogP contribution in [0.2, 0.25) is 0 Å². The Morgan fingerprint density at radius 2 is 1.89 bits per heavy atom. The number of fused-ring (bicyclic) bond motifs is 1. The summed E-state index contributed by atoms with van der Waals surface area (Å²) < 4.78 is 10.9. The Morgan fingerprint density at radius 1 is 1.07 bits per heavy atom. The summed E-state index contributed by atoms with van der Waals surface area (Å²) >= 11 is 0. The van der Waals surface area contributed by atoms with Crippen LogP contribution in [0.15, 0.2) is 35.1 Å². The predicted molar refractivity (Wildman–Crippen MR) is 100 cm³/mol. The van der Waals surface area contributed by atoms with Crippen LogP contribution >= 0.6 is 0 Å². The number of carbonyl (C=O) groups excluding carboxylic acids is 1. The molecule has 0 unspecified atom stereocenters. The van der Waals surface area contributed by atoms with Crippen LogP contribution in [0.4, 0.5) is 0 Å². The molecule has 0 spiro atoms. The molecule has 140 valence electrons. The Bertz CT molecular complexity index is 947. The zero-order valence-electron chi connectivity index (χ0n) is 15.4. The van der Waals surface area contributed by atoms with Gasteiger partial charge in [-0.05, 0) is 17.5 Å². The maximum Gasteiger partial charge on any atom is 0.191 e. The Balaban J connectivity index is 1.44. The number of ether oxygens (including phenoxy) is 1. The topological polar surface area (TPSA) is 81.4 Å². The van der Waals surface area contributed by atoms with Gasteiger partial charge in [0.2, 0.25) is 0 Å². The molecule has 1 saturated heterocycles. The highest BCUT2D eigenvalue weighted by atomic mass is 16.5. The molecule has 1 aliphatic heterocycles. The molecule has 0 aromatic carbocycles. The van der Waals surface area contributed by atoms with Gasteiger partial charge in [0.05, 0.1) is 19.4 Å². The molecule has 4 heterocycles. The summed E-state index contributed by atoms with van der Waals surface area (Å²) in [4.78, 5) is 27.6. The van der Waals surface area contributed by atoms with Crippen molar-refractivity contribution in [1.29, 1.82) is 0 Å². The number of nitrogens with zero attached hydrogens (tertiary/aromatic N) is 4. The maximum absolute atomic E-state index is 12.3. The highest BCUT2D eigenvalue weighted by Crippen LogP contribution is 2.23. The van der Waals surface area contributed by atoms with Crippen molar-refractivity contribution in [2.24, 2.45) is 0 Å². The van der Waals surface area contributed by atoms with E-state index in [1.54, 1.807) is 25.5 Å². The summed E-state index contributed by atoms with van der Waals surface area (Å²) in [7, 11) is 0. The van der Waals surface area contributed by atoms with Crippen molar-refractivity contribution in [3.63, 3.8) is 0 Å². The van der Waals surface area contributed by atoms with Gasteiger partial charge < -0.3 is 9.15 Å². The van der Waals surface area contributed by atoms with Crippen LogP contribution in [0.1, 0.15) is 18.0 Å². The Labute approximate surface area is 157 Å². The van der Waals surface area contributed by atoms with Crippen molar-refractivity contribution >= 4 is 16.6 Å². The summed E-state index contributed by atoms with van der Waals surface area (Å²) in [5.74, 6) is 1.44. The van der Waals surface area contributed by atoms with Crippen LogP contribution in [0, 0.1) is 6.92 Å². The summed E-state index contributed by atoms with van der Waals surface area (Å²) in [6.07, 6.45) is 6.08. The van der Waals surface area contributed by atoms with Crippen LogP contribution < -0.4 is 0 Å².